The number of anilines is 3. The number of carbonyl (C=O) groups is 4. The van der Waals surface area contributed by atoms with E-state index in [0.717, 1.165) is 29.3 Å². The van der Waals surface area contributed by atoms with Crippen molar-refractivity contribution in [3.05, 3.63) is 42.4 Å². The SMILES string of the molecule is CC(C)(C)OC(=O)N1CCC(n2cc(Nc3ncc4c5c(cccc35)C(=O)N4C3CCC(=O)NC3=O)cn2)CC1. The van der Waals surface area contributed by atoms with Gasteiger partial charge in [0.05, 0.1) is 35.4 Å². The molecule has 12 nitrogen and oxygen atoms in total. The third kappa shape index (κ3) is 4.63. The van der Waals surface area contributed by atoms with Gasteiger partial charge in [0, 0.05) is 36.5 Å². The van der Waals surface area contributed by atoms with Gasteiger partial charge in [-0.1, -0.05) is 12.1 Å². The average Bonchev–Trinajstić information content (AvgIpc) is 3.49. The van der Waals surface area contributed by atoms with E-state index in [-0.39, 0.29) is 36.8 Å². The summed E-state index contributed by atoms with van der Waals surface area (Å²) in [6.45, 7) is 6.77. The summed E-state index contributed by atoms with van der Waals surface area (Å²) in [6.07, 6.45) is 6.92. The van der Waals surface area contributed by atoms with Crippen molar-refractivity contribution < 1.29 is 23.9 Å². The number of piperidine rings is 2. The third-order valence-corrected chi connectivity index (χ3v) is 7.48. The van der Waals surface area contributed by atoms with Gasteiger partial charge >= 0.3 is 6.09 Å². The minimum absolute atomic E-state index is 0.148. The van der Waals surface area contributed by atoms with E-state index in [1.54, 1.807) is 29.4 Å². The van der Waals surface area contributed by atoms with Gasteiger partial charge in [-0.2, -0.15) is 5.10 Å². The van der Waals surface area contributed by atoms with Gasteiger partial charge in [-0.05, 0) is 46.1 Å². The maximum absolute atomic E-state index is 13.4. The lowest BCUT2D eigenvalue weighted by Gasteiger charge is -2.33. The molecule has 1 unspecified atom stereocenters. The molecule has 2 N–H and O–H groups in total. The molecule has 3 aliphatic heterocycles. The minimum Gasteiger partial charge on any atom is -0.444 e. The molecule has 3 aromatic rings. The highest BCUT2D eigenvalue weighted by Crippen LogP contribution is 2.42. The van der Waals surface area contributed by atoms with E-state index < -0.39 is 17.6 Å². The number of rotatable bonds is 4. The first-order valence-corrected chi connectivity index (χ1v) is 13.5. The van der Waals surface area contributed by atoms with Gasteiger partial charge < -0.3 is 15.0 Å². The molecule has 1 aromatic carbocycles. The number of benzene rings is 1. The monoisotopic (exact) mass is 545 g/mol. The normalized spacial score (nSPS) is 19.8. The first-order valence-electron chi connectivity index (χ1n) is 13.5. The molecule has 5 heterocycles. The Morgan fingerprint density at radius 2 is 1.88 bits per heavy atom. The molecule has 0 spiro atoms. The molecule has 12 heteroatoms. The van der Waals surface area contributed by atoms with Crippen molar-refractivity contribution in [1.29, 1.82) is 0 Å². The Balaban J connectivity index is 1.19. The van der Waals surface area contributed by atoms with Crippen LogP contribution in [0.25, 0.3) is 10.8 Å². The largest absolute Gasteiger partial charge is 0.444 e. The molecule has 2 saturated heterocycles. The van der Waals surface area contributed by atoms with Crippen molar-refractivity contribution in [3.63, 3.8) is 0 Å². The fourth-order valence-electron chi connectivity index (χ4n) is 5.60. The van der Waals surface area contributed by atoms with Gasteiger partial charge in [0.15, 0.2) is 0 Å². The number of carbonyl (C=O) groups excluding carboxylic acids is 4. The molecule has 6 rings (SSSR count). The van der Waals surface area contributed by atoms with Crippen molar-refractivity contribution in [2.75, 3.05) is 23.3 Å². The van der Waals surface area contributed by atoms with Gasteiger partial charge in [0.1, 0.15) is 17.5 Å². The van der Waals surface area contributed by atoms with Gasteiger partial charge in [-0.3, -0.25) is 29.3 Å². The zero-order chi connectivity index (χ0) is 28.2. The zero-order valence-corrected chi connectivity index (χ0v) is 22.6. The fraction of sp³-hybridized carbons (Fsp3) is 0.429. The lowest BCUT2D eigenvalue weighted by molar-refractivity contribution is -0.134. The third-order valence-electron chi connectivity index (χ3n) is 7.48. The number of nitrogens with one attached hydrogen (secondary N) is 2. The van der Waals surface area contributed by atoms with Crippen LogP contribution in [0.4, 0.5) is 22.0 Å². The number of pyridine rings is 1. The van der Waals surface area contributed by atoms with E-state index in [2.05, 4.69) is 20.7 Å². The van der Waals surface area contributed by atoms with E-state index in [1.807, 2.05) is 37.7 Å². The number of likely N-dealkylation sites (tertiary alicyclic amines) is 1. The van der Waals surface area contributed by atoms with Crippen molar-refractivity contribution >= 4 is 51.8 Å². The molecule has 0 bridgehead atoms. The number of hydrogen-bond acceptors (Lipinski definition) is 8. The highest BCUT2D eigenvalue weighted by molar-refractivity contribution is 6.28. The number of nitrogens with zero attached hydrogens (tertiary/aromatic N) is 5. The Morgan fingerprint density at radius 1 is 1.10 bits per heavy atom. The topological polar surface area (TPSA) is 139 Å². The summed E-state index contributed by atoms with van der Waals surface area (Å²) >= 11 is 0. The van der Waals surface area contributed by atoms with Gasteiger partial charge in [-0.15, -0.1) is 0 Å². The summed E-state index contributed by atoms with van der Waals surface area (Å²) in [7, 11) is 0. The van der Waals surface area contributed by atoms with Gasteiger partial charge in [0.25, 0.3) is 5.91 Å². The van der Waals surface area contributed by atoms with Crippen LogP contribution in [0.5, 0.6) is 0 Å². The van der Waals surface area contributed by atoms with Crippen LogP contribution in [0.2, 0.25) is 0 Å². The number of amides is 4. The fourth-order valence-corrected chi connectivity index (χ4v) is 5.60. The number of ether oxygens (including phenoxy) is 1. The molecule has 1 atom stereocenters. The number of hydrogen-bond donors (Lipinski definition) is 2. The van der Waals surface area contributed by atoms with E-state index in [4.69, 9.17) is 4.74 Å². The lowest BCUT2D eigenvalue weighted by Crippen LogP contribution is -2.53. The van der Waals surface area contributed by atoms with Crippen LogP contribution < -0.4 is 15.5 Å². The van der Waals surface area contributed by atoms with E-state index in [9.17, 15) is 19.2 Å². The Hall–Kier alpha value is -4.48. The van der Waals surface area contributed by atoms with Crippen LogP contribution in [0.3, 0.4) is 0 Å². The molecular weight excluding hydrogens is 514 g/mol. The summed E-state index contributed by atoms with van der Waals surface area (Å²) in [4.78, 5) is 57.8. The first kappa shape index (κ1) is 25.8. The minimum atomic E-state index is -0.763. The Kier molecular flexibility index (Phi) is 6.20. The number of imide groups is 1. The Bertz CT molecular complexity index is 1530. The molecule has 3 aliphatic rings. The van der Waals surface area contributed by atoms with E-state index >= 15 is 0 Å². The summed E-state index contributed by atoms with van der Waals surface area (Å²) in [6, 6.07) is 4.81. The lowest BCUT2D eigenvalue weighted by atomic mass is 10.0. The summed E-state index contributed by atoms with van der Waals surface area (Å²) in [5.41, 5.74) is 1.27. The molecule has 0 saturated carbocycles. The summed E-state index contributed by atoms with van der Waals surface area (Å²) in [5.74, 6) is -0.517. The van der Waals surface area contributed by atoms with Crippen LogP contribution in [0, 0.1) is 0 Å². The number of aromatic nitrogens is 3. The van der Waals surface area contributed by atoms with Crippen molar-refractivity contribution in [1.82, 2.24) is 25.0 Å². The smallest absolute Gasteiger partial charge is 0.410 e. The first-order chi connectivity index (χ1) is 19.1. The summed E-state index contributed by atoms with van der Waals surface area (Å²) < 4.78 is 7.40. The molecule has 208 valence electrons. The van der Waals surface area contributed by atoms with Crippen LogP contribution in [0.15, 0.2) is 36.8 Å². The molecule has 0 radical (unpaired) electrons. The van der Waals surface area contributed by atoms with Gasteiger partial charge in [0.2, 0.25) is 11.8 Å². The van der Waals surface area contributed by atoms with Crippen LogP contribution in [-0.4, -0.2) is 68.2 Å². The Labute approximate surface area is 230 Å². The molecule has 2 aromatic heterocycles. The molecule has 4 amide bonds. The van der Waals surface area contributed by atoms with Crippen LogP contribution >= 0.6 is 0 Å². The predicted molar refractivity (Wildman–Crippen MR) is 146 cm³/mol. The Morgan fingerprint density at radius 3 is 2.60 bits per heavy atom. The quantitative estimate of drug-likeness (QED) is 0.475. The maximum Gasteiger partial charge on any atom is 0.410 e. The molecular formula is C28H31N7O5. The van der Waals surface area contributed by atoms with Crippen molar-refractivity contribution in [2.45, 2.75) is 64.1 Å². The van der Waals surface area contributed by atoms with E-state index in [1.165, 1.54) is 4.90 Å². The zero-order valence-electron chi connectivity index (χ0n) is 22.6. The van der Waals surface area contributed by atoms with Crippen LogP contribution in [-0.2, 0) is 14.3 Å². The highest BCUT2D eigenvalue weighted by Gasteiger charge is 2.41. The molecule has 2 fully saturated rings. The standard InChI is InChI=1S/C28H31N7O5/c1-28(2,3)40-27(39)33-11-9-17(10-12-33)34-15-16(13-30-34)31-24-18-5-4-6-19-23(18)21(14-29-24)35(26(19)38)20-7-8-22(36)32-25(20)37/h4-6,13-15,17,20H,7-12H2,1-3H3,(H,29,31)(H,32,36,37). The van der Waals surface area contributed by atoms with Crippen molar-refractivity contribution in [3.8, 4) is 0 Å². The highest BCUT2D eigenvalue weighted by atomic mass is 16.6. The predicted octanol–water partition coefficient (Wildman–Crippen LogP) is 3.51. The second kappa shape index (κ2) is 9.61. The molecule has 0 aliphatic carbocycles. The van der Waals surface area contributed by atoms with Crippen molar-refractivity contribution in [2.24, 2.45) is 0 Å². The van der Waals surface area contributed by atoms with E-state index in [0.29, 0.717) is 30.2 Å². The maximum atomic E-state index is 13.4. The average molecular weight is 546 g/mol. The molecule has 40 heavy (non-hydrogen) atoms. The second-order valence-corrected chi connectivity index (χ2v) is 11.4. The summed E-state index contributed by atoms with van der Waals surface area (Å²) in [5, 5.41) is 11.7. The van der Waals surface area contributed by atoms with Gasteiger partial charge in [-0.25, -0.2) is 9.78 Å². The second-order valence-electron chi connectivity index (χ2n) is 11.4. The van der Waals surface area contributed by atoms with Crippen LogP contribution in [0.1, 0.15) is 62.9 Å².